The normalized spacial score (nSPS) is 10.6. The zero-order valence-corrected chi connectivity index (χ0v) is 13.6. The number of benzene rings is 1. The standard InChI is InChI=1S/C14H15BrClN3O/c1-3-17-13-7-10(8-20-2)18-14(19-13)9-4-5-11(15)12(16)6-9/h4-7H,3,8H2,1-2H3,(H,17,18,19). The summed E-state index contributed by atoms with van der Waals surface area (Å²) in [5.41, 5.74) is 1.70. The number of aromatic nitrogens is 2. The van der Waals surface area contributed by atoms with Gasteiger partial charge in [-0.1, -0.05) is 11.6 Å². The van der Waals surface area contributed by atoms with Crippen molar-refractivity contribution in [1.82, 2.24) is 9.97 Å². The van der Waals surface area contributed by atoms with E-state index in [1.54, 1.807) is 7.11 Å². The van der Waals surface area contributed by atoms with Gasteiger partial charge in [-0.2, -0.15) is 0 Å². The van der Waals surface area contributed by atoms with Crippen LogP contribution in [0, 0.1) is 0 Å². The molecule has 1 heterocycles. The summed E-state index contributed by atoms with van der Waals surface area (Å²) in [6.07, 6.45) is 0. The van der Waals surface area contributed by atoms with Crippen LogP contribution in [0.5, 0.6) is 0 Å². The molecule has 1 N–H and O–H groups in total. The zero-order valence-electron chi connectivity index (χ0n) is 11.3. The number of ether oxygens (including phenoxy) is 1. The molecule has 1 aromatic carbocycles. The highest BCUT2D eigenvalue weighted by Crippen LogP contribution is 2.28. The average Bonchev–Trinajstić information content (AvgIpc) is 2.42. The molecule has 0 aliphatic carbocycles. The van der Waals surface area contributed by atoms with Crippen LogP contribution in [-0.4, -0.2) is 23.6 Å². The molecule has 0 bridgehead atoms. The summed E-state index contributed by atoms with van der Waals surface area (Å²) in [6, 6.07) is 7.54. The van der Waals surface area contributed by atoms with Gasteiger partial charge in [0.15, 0.2) is 5.82 Å². The summed E-state index contributed by atoms with van der Waals surface area (Å²) >= 11 is 9.50. The van der Waals surface area contributed by atoms with Crippen LogP contribution < -0.4 is 5.32 Å². The molecular formula is C14H15BrClN3O. The maximum Gasteiger partial charge on any atom is 0.161 e. The van der Waals surface area contributed by atoms with E-state index >= 15 is 0 Å². The highest BCUT2D eigenvalue weighted by Gasteiger charge is 2.08. The SMILES string of the molecule is CCNc1cc(COC)nc(-c2ccc(Br)c(Cl)c2)n1. The van der Waals surface area contributed by atoms with Crippen molar-refractivity contribution >= 4 is 33.3 Å². The second-order valence-corrected chi connectivity index (χ2v) is 5.42. The molecular weight excluding hydrogens is 342 g/mol. The van der Waals surface area contributed by atoms with E-state index in [2.05, 4.69) is 31.2 Å². The maximum absolute atomic E-state index is 6.12. The molecule has 0 spiro atoms. The van der Waals surface area contributed by atoms with Gasteiger partial charge in [0.05, 0.1) is 17.3 Å². The van der Waals surface area contributed by atoms with Crippen molar-refractivity contribution < 1.29 is 4.74 Å². The molecule has 0 unspecified atom stereocenters. The summed E-state index contributed by atoms with van der Waals surface area (Å²) in [5, 5.41) is 3.83. The summed E-state index contributed by atoms with van der Waals surface area (Å²) in [4.78, 5) is 8.99. The minimum Gasteiger partial charge on any atom is -0.378 e. The highest BCUT2D eigenvalue weighted by molar-refractivity contribution is 9.10. The van der Waals surface area contributed by atoms with Gasteiger partial charge in [0, 0.05) is 29.8 Å². The van der Waals surface area contributed by atoms with Gasteiger partial charge in [0.1, 0.15) is 5.82 Å². The van der Waals surface area contributed by atoms with E-state index in [0.29, 0.717) is 17.5 Å². The minimum atomic E-state index is 0.443. The second-order valence-electron chi connectivity index (χ2n) is 4.16. The zero-order chi connectivity index (χ0) is 14.5. The Morgan fingerprint density at radius 1 is 1.30 bits per heavy atom. The topological polar surface area (TPSA) is 47.0 Å². The lowest BCUT2D eigenvalue weighted by Crippen LogP contribution is -2.04. The van der Waals surface area contributed by atoms with Gasteiger partial charge in [-0.15, -0.1) is 0 Å². The van der Waals surface area contributed by atoms with Gasteiger partial charge in [-0.3, -0.25) is 0 Å². The van der Waals surface area contributed by atoms with Crippen LogP contribution in [0.3, 0.4) is 0 Å². The monoisotopic (exact) mass is 355 g/mol. The maximum atomic E-state index is 6.12. The van der Waals surface area contributed by atoms with Crippen molar-refractivity contribution in [2.24, 2.45) is 0 Å². The van der Waals surface area contributed by atoms with Gasteiger partial charge in [-0.25, -0.2) is 9.97 Å². The quantitative estimate of drug-likeness (QED) is 0.874. The van der Waals surface area contributed by atoms with E-state index in [0.717, 1.165) is 28.1 Å². The fourth-order valence-corrected chi connectivity index (χ4v) is 2.18. The average molecular weight is 357 g/mol. The Balaban J connectivity index is 2.45. The molecule has 0 atom stereocenters. The summed E-state index contributed by atoms with van der Waals surface area (Å²) < 4.78 is 5.99. The molecule has 0 fully saturated rings. The van der Waals surface area contributed by atoms with Crippen molar-refractivity contribution in [3.63, 3.8) is 0 Å². The number of halogens is 2. The molecule has 4 nitrogen and oxygen atoms in total. The number of anilines is 1. The first-order valence-electron chi connectivity index (χ1n) is 6.20. The molecule has 2 aromatic rings. The first kappa shape index (κ1) is 15.2. The lowest BCUT2D eigenvalue weighted by Gasteiger charge is -2.09. The van der Waals surface area contributed by atoms with Gasteiger partial charge >= 0.3 is 0 Å². The summed E-state index contributed by atoms with van der Waals surface area (Å²) in [5.74, 6) is 1.41. The largest absolute Gasteiger partial charge is 0.378 e. The van der Waals surface area contributed by atoms with Crippen LogP contribution >= 0.6 is 27.5 Å². The lowest BCUT2D eigenvalue weighted by molar-refractivity contribution is 0.181. The van der Waals surface area contributed by atoms with Crippen molar-refractivity contribution in [2.45, 2.75) is 13.5 Å². The Labute approximate surface area is 131 Å². The van der Waals surface area contributed by atoms with Crippen LogP contribution in [0.2, 0.25) is 5.02 Å². The van der Waals surface area contributed by atoms with Crippen LogP contribution in [0.1, 0.15) is 12.6 Å². The van der Waals surface area contributed by atoms with E-state index in [1.165, 1.54) is 0 Å². The predicted molar refractivity (Wildman–Crippen MR) is 85.1 cm³/mol. The number of hydrogen-bond acceptors (Lipinski definition) is 4. The highest BCUT2D eigenvalue weighted by atomic mass is 79.9. The lowest BCUT2D eigenvalue weighted by atomic mass is 10.2. The molecule has 0 aliphatic rings. The van der Waals surface area contributed by atoms with Crippen LogP contribution in [0.15, 0.2) is 28.7 Å². The fraction of sp³-hybridized carbons (Fsp3) is 0.286. The van der Waals surface area contributed by atoms with Gasteiger partial charge in [-0.05, 0) is 41.1 Å². The van der Waals surface area contributed by atoms with Gasteiger partial charge in [0.2, 0.25) is 0 Å². The van der Waals surface area contributed by atoms with Crippen LogP contribution in [0.25, 0.3) is 11.4 Å². The molecule has 1 aromatic heterocycles. The molecule has 0 radical (unpaired) electrons. The Hall–Kier alpha value is -1.17. The number of hydrogen-bond donors (Lipinski definition) is 1. The molecule has 20 heavy (non-hydrogen) atoms. The molecule has 0 saturated heterocycles. The third-order valence-corrected chi connectivity index (χ3v) is 3.84. The molecule has 0 saturated carbocycles. The molecule has 0 aliphatic heterocycles. The third-order valence-electron chi connectivity index (χ3n) is 2.61. The van der Waals surface area contributed by atoms with Crippen LogP contribution in [-0.2, 0) is 11.3 Å². The first-order valence-corrected chi connectivity index (χ1v) is 7.37. The summed E-state index contributed by atoms with van der Waals surface area (Å²) in [7, 11) is 1.64. The van der Waals surface area contributed by atoms with Gasteiger partial charge < -0.3 is 10.1 Å². The predicted octanol–water partition coefficient (Wildman–Crippen LogP) is 4.14. The first-order chi connectivity index (χ1) is 9.63. The van der Waals surface area contributed by atoms with Crippen molar-refractivity contribution in [1.29, 1.82) is 0 Å². The van der Waals surface area contributed by atoms with Crippen molar-refractivity contribution in [2.75, 3.05) is 19.0 Å². The minimum absolute atomic E-state index is 0.443. The van der Waals surface area contributed by atoms with E-state index < -0.39 is 0 Å². The smallest absolute Gasteiger partial charge is 0.161 e. The second kappa shape index (κ2) is 7.02. The Morgan fingerprint density at radius 2 is 2.10 bits per heavy atom. The van der Waals surface area contributed by atoms with E-state index in [-0.39, 0.29) is 0 Å². The number of nitrogens with one attached hydrogen (secondary N) is 1. The van der Waals surface area contributed by atoms with E-state index in [1.807, 2.05) is 31.2 Å². The number of methoxy groups -OCH3 is 1. The Bertz CT molecular complexity index is 583. The van der Waals surface area contributed by atoms with E-state index in [9.17, 15) is 0 Å². The summed E-state index contributed by atoms with van der Waals surface area (Å²) in [6.45, 7) is 3.26. The molecule has 106 valence electrons. The fourth-order valence-electron chi connectivity index (χ4n) is 1.76. The van der Waals surface area contributed by atoms with E-state index in [4.69, 9.17) is 16.3 Å². The molecule has 0 amide bonds. The molecule has 6 heteroatoms. The number of rotatable bonds is 5. The molecule has 2 rings (SSSR count). The van der Waals surface area contributed by atoms with Gasteiger partial charge in [0.25, 0.3) is 0 Å². The number of nitrogens with zero attached hydrogens (tertiary/aromatic N) is 2. The van der Waals surface area contributed by atoms with Crippen LogP contribution in [0.4, 0.5) is 5.82 Å². The third kappa shape index (κ3) is 3.69. The Kier molecular flexibility index (Phi) is 5.34. The van der Waals surface area contributed by atoms with Crippen molar-refractivity contribution in [3.8, 4) is 11.4 Å². The Morgan fingerprint density at radius 3 is 2.75 bits per heavy atom. The van der Waals surface area contributed by atoms with Crippen molar-refractivity contribution in [3.05, 3.63) is 39.5 Å².